The molecule has 0 amide bonds. The van der Waals surface area contributed by atoms with Crippen LogP contribution in [-0.2, 0) is 6.54 Å². The van der Waals surface area contributed by atoms with E-state index in [1.54, 1.807) is 0 Å². The topological polar surface area (TPSA) is 18.5 Å². The van der Waals surface area contributed by atoms with Gasteiger partial charge in [0.15, 0.2) is 0 Å². The van der Waals surface area contributed by atoms with Crippen molar-refractivity contribution in [3.63, 3.8) is 0 Å². The maximum absolute atomic E-state index is 3.60. The maximum Gasteiger partial charge on any atom is 0.0424 e. The van der Waals surface area contributed by atoms with Gasteiger partial charge in [0.1, 0.15) is 0 Å². The number of likely N-dealkylation sites (N-methyl/N-ethyl adjacent to an activating group) is 1. The minimum absolute atomic E-state index is 0.662. The molecule has 0 saturated carbocycles. The highest BCUT2D eigenvalue weighted by Crippen LogP contribution is 2.27. The van der Waals surface area contributed by atoms with E-state index in [1.165, 1.54) is 17.7 Å². The Kier molecular flexibility index (Phi) is 5.25. The van der Waals surface area contributed by atoms with Crippen LogP contribution in [0.4, 0.5) is 5.69 Å². The van der Waals surface area contributed by atoms with Crippen LogP contribution in [0.5, 0.6) is 0 Å². The van der Waals surface area contributed by atoms with Gasteiger partial charge in [-0.05, 0) is 38.2 Å². The molecule has 1 atom stereocenters. The number of hydrogen-bond acceptors (Lipinski definition) is 3. The third kappa shape index (κ3) is 3.50. The summed E-state index contributed by atoms with van der Waals surface area (Å²) < 4.78 is 1.16. The Hall–Kier alpha value is -0.580. The first-order valence-corrected chi connectivity index (χ1v) is 7.83. The van der Waals surface area contributed by atoms with Crippen molar-refractivity contribution in [2.45, 2.75) is 25.9 Å². The van der Waals surface area contributed by atoms with E-state index < -0.39 is 0 Å². The highest BCUT2D eigenvalue weighted by atomic mass is 79.9. The molecule has 1 aromatic carbocycles. The van der Waals surface area contributed by atoms with Crippen molar-refractivity contribution >= 4 is 21.6 Å². The van der Waals surface area contributed by atoms with Gasteiger partial charge in [-0.3, -0.25) is 4.90 Å². The second-order valence-corrected chi connectivity index (χ2v) is 6.21. The number of benzene rings is 1. The molecule has 4 heteroatoms. The fourth-order valence-corrected chi connectivity index (χ4v) is 3.13. The number of anilines is 1. The van der Waals surface area contributed by atoms with Gasteiger partial charge in [0.2, 0.25) is 0 Å². The molecule has 1 unspecified atom stereocenters. The summed E-state index contributed by atoms with van der Waals surface area (Å²) in [7, 11) is 4.24. The molecule has 106 valence electrons. The molecule has 0 spiro atoms. The zero-order valence-corrected chi connectivity index (χ0v) is 13.7. The van der Waals surface area contributed by atoms with Gasteiger partial charge in [-0.15, -0.1) is 0 Å². The first-order valence-electron chi connectivity index (χ1n) is 7.04. The fourth-order valence-electron chi connectivity index (χ4n) is 2.78. The average molecular weight is 326 g/mol. The molecule has 2 rings (SSSR count). The van der Waals surface area contributed by atoms with Crippen molar-refractivity contribution in [1.82, 2.24) is 10.2 Å². The van der Waals surface area contributed by atoms with Gasteiger partial charge in [-0.1, -0.05) is 28.9 Å². The lowest BCUT2D eigenvalue weighted by Gasteiger charge is -2.41. The summed E-state index contributed by atoms with van der Waals surface area (Å²) in [5.74, 6) is 0. The number of nitrogens with zero attached hydrogens (tertiary/aromatic N) is 2. The van der Waals surface area contributed by atoms with Gasteiger partial charge >= 0.3 is 0 Å². The largest absolute Gasteiger partial charge is 0.368 e. The van der Waals surface area contributed by atoms with Gasteiger partial charge in [-0.25, -0.2) is 0 Å². The first-order chi connectivity index (χ1) is 9.15. The van der Waals surface area contributed by atoms with E-state index in [2.05, 4.69) is 63.2 Å². The zero-order valence-electron chi connectivity index (χ0n) is 12.1. The van der Waals surface area contributed by atoms with Crippen LogP contribution in [0, 0.1) is 0 Å². The van der Waals surface area contributed by atoms with Crippen molar-refractivity contribution in [3.8, 4) is 0 Å². The van der Waals surface area contributed by atoms with E-state index in [0.29, 0.717) is 6.04 Å². The molecule has 1 heterocycles. The van der Waals surface area contributed by atoms with Crippen LogP contribution in [0.2, 0.25) is 0 Å². The third-order valence-corrected chi connectivity index (χ3v) is 4.50. The number of hydrogen-bond donors (Lipinski definition) is 1. The highest BCUT2D eigenvalue weighted by Gasteiger charge is 2.24. The molecule has 1 aliphatic rings. The van der Waals surface area contributed by atoms with Gasteiger partial charge in [0.25, 0.3) is 0 Å². The third-order valence-electron chi connectivity index (χ3n) is 4.00. The van der Waals surface area contributed by atoms with Gasteiger partial charge in [0.05, 0.1) is 0 Å². The van der Waals surface area contributed by atoms with Crippen LogP contribution in [0.3, 0.4) is 0 Å². The molecule has 0 aromatic heterocycles. The van der Waals surface area contributed by atoms with E-state index in [4.69, 9.17) is 0 Å². The number of nitrogens with one attached hydrogen (secondary N) is 1. The smallest absolute Gasteiger partial charge is 0.0424 e. The van der Waals surface area contributed by atoms with Crippen molar-refractivity contribution in [3.05, 3.63) is 28.2 Å². The van der Waals surface area contributed by atoms with Crippen molar-refractivity contribution < 1.29 is 0 Å². The summed E-state index contributed by atoms with van der Waals surface area (Å²) in [5, 5.41) is 3.26. The predicted molar refractivity (Wildman–Crippen MR) is 85.8 cm³/mol. The van der Waals surface area contributed by atoms with Crippen LogP contribution in [-0.4, -0.2) is 44.7 Å². The van der Waals surface area contributed by atoms with E-state index >= 15 is 0 Å². The molecule has 0 aliphatic carbocycles. The highest BCUT2D eigenvalue weighted by molar-refractivity contribution is 9.10. The van der Waals surface area contributed by atoms with Gasteiger partial charge in [0, 0.05) is 42.4 Å². The Morgan fingerprint density at radius 2 is 2.16 bits per heavy atom. The Labute approximate surface area is 125 Å². The number of halogens is 1. The Morgan fingerprint density at radius 3 is 2.84 bits per heavy atom. The summed E-state index contributed by atoms with van der Waals surface area (Å²) in [6.45, 7) is 6.58. The number of rotatable bonds is 4. The molecule has 0 radical (unpaired) electrons. The Morgan fingerprint density at radius 1 is 1.37 bits per heavy atom. The van der Waals surface area contributed by atoms with E-state index in [0.717, 1.165) is 30.7 Å². The number of piperazine rings is 1. The lowest BCUT2D eigenvalue weighted by atomic mass is 10.1. The van der Waals surface area contributed by atoms with Crippen LogP contribution >= 0.6 is 15.9 Å². The average Bonchev–Trinajstić information content (AvgIpc) is 2.42. The van der Waals surface area contributed by atoms with Crippen molar-refractivity contribution in [1.29, 1.82) is 0 Å². The van der Waals surface area contributed by atoms with E-state index in [9.17, 15) is 0 Å². The van der Waals surface area contributed by atoms with Crippen LogP contribution in [0.25, 0.3) is 0 Å². The molecule has 1 aromatic rings. The van der Waals surface area contributed by atoms with Crippen LogP contribution < -0.4 is 10.2 Å². The molecule has 1 N–H and O–H groups in total. The second-order valence-electron chi connectivity index (χ2n) is 5.29. The standard InChI is InChI=1S/C15H24BrN3/c1-4-14-11-19(8-7-18(14)3)15-9-13(16)6-5-12(15)10-17-2/h5-6,9,14,17H,4,7-8,10-11H2,1-3H3. The van der Waals surface area contributed by atoms with Gasteiger partial charge in [-0.2, -0.15) is 0 Å². The molecule has 1 saturated heterocycles. The van der Waals surface area contributed by atoms with Gasteiger partial charge < -0.3 is 10.2 Å². The fraction of sp³-hybridized carbons (Fsp3) is 0.600. The Bertz CT molecular complexity index is 422. The second kappa shape index (κ2) is 6.73. The summed E-state index contributed by atoms with van der Waals surface area (Å²) in [6.07, 6.45) is 1.21. The summed E-state index contributed by atoms with van der Waals surface area (Å²) >= 11 is 3.60. The lowest BCUT2D eigenvalue weighted by Crippen LogP contribution is -2.51. The monoisotopic (exact) mass is 325 g/mol. The van der Waals surface area contributed by atoms with E-state index in [-0.39, 0.29) is 0 Å². The quantitative estimate of drug-likeness (QED) is 0.918. The summed E-state index contributed by atoms with van der Waals surface area (Å²) in [4.78, 5) is 5.01. The maximum atomic E-state index is 3.60. The molecular weight excluding hydrogens is 302 g/mol. The Balaban J connectivity index is 2.22. The normalized spacial score (nSPS) is 20.8. The van der Waals surface area contributed by atoms with Crippen molar-refractivity contribution in [2.75, 3.05) is 38.6 Å². The molecule has 19 heavy (non-hydrogen) atoms. The zero-order chi connectivity index (χ0) is 13.8. The molecule has 1 fully saturated rings. The molecule has 0 bridgehead atoms. The molecular formula is C15H24BrN3. The lowest BCUT2D eigenvalue weighted by molar-refractivity contribution is 0.213. The summed E-state index contributed by atoms with van der Waals surface area (Å²) in [5.41, 5.74) is 2.75. The van der Waals surface area contributed by atoms with Crippen molar-refractivity contribution in [2.24, 2.45) is 0 Å². The molecule has 3 nitrogen and oxygen atoms in total. The first kappa shape index (κ1) is 14.8. The minimum atomic E-state index is 0.662. The summed E-state index contributed by atoms with van der Waals surface area (Å²) in [6, 6.07) is 7.26. The van der Waals surface area contributed by atoms with Crippen LogP contribution in [0.1, 0.15) is 18.9 Å². The van der Waals surface area contributed by atoms with E-state index in [1.807, 2.05) is 7.05 Å². The van der Waals surface area contributed by atoms with Crippen LogP contribution in [0.15, 0.2) is 22.7 Å². The predicted octanol–water partition coefficient (Wildman–Crippen LogP) is 2.70. The SMILES string of the molecule is CCC1CN(c2cc(Br)ccc2CNC)CCN1C. The molecule has 1 aliphatic heterocycles. The minimum Gasteiger partial charge on any atom is -0.368 e.